The minimum Gasteiger partial charge on any atom is -0.375 e. The summed E-state index contributed by atoms with van der Waals surface area (Å²) < 4.78 is 39.6. The van der Waals surface area contributed by atoms with E-state index < -0.39 is 35.9 Å². The summed E-state index contributed by atoms with van der Waals surface area (Å²) in [5.41, 5.74) is -3.63. The molecule has 22 heavy (non-hydrogen) atoms. The number of amides is 4. The van der Waals surface area contributed by atoms with Crippen molar-refractivity contribution in [2.45, 2.75) is 11.8 Å². The van der Waals surface area contributed by atoms with Gasteiger partial charge in [-0.1, -0.05) is 30.3 Å². The number of carbonyl (C=O) groups excluding carboxylic acids is 2. The van der Waals surface area contributed by atoms with Gasteiger partial charge in [0.1, 0.15) is 0 Å². The molecule has 1 aromatic carbocycles. The largest absolute Gasteiger partial charge is 0.423 e. The van der Waals surface area contributed by atoms with Crippen molar-refractivity contribution in [3.05, 3.63) is 35.9 Å². The summed E-state index contributed by atoms with van der Waals surface area (Å²) >= 11 is 0. The van der Waals surface area contributed by atoms with Crippen LogP contribution in [0.1, 0.15) is 5.56 Å². The van der Waals surface area contributed by atoms with E-state index in [-0.39, 0.29) is 13.1 Å². The van der Waals surface area contributed by atoms with Gasteiger partial charge in [-0.15, -0.1) is 0 Å². The van der Waals surface area contributed by atoms with Gasteiger partial charge in [0.15, 0.2) is 0 Å². The van der Waals surface area contributed by atoms with Gasteiger partial charge in [0, 0.05) is 13.1 Å². The summed E-state index contributed by atoms with van der Waals surface area (Å²) in [7, 11) is 0. The molecular weight excluding hydrogens is 303 g/mol. The third-order valence-corrected chi connectivity index (χ3v) is 3.32. The number of hydrogen-bond acceptors (Lipinski definition) is 3. The maximum absolute atomic E-state index is 13.2. The highest BCUT2D eigenvalue weighted by Gasteiger charge is 2.55. The quantitative estimate of drug-likeness (QED) is 0.783. The van der Waals surface area contributed by atoms with E-state index in [1.807, 2.05) is 5.32 Å². The van der Waals surface area contributed by atoms with Gasteiger partial charge in [0.05, 0.1) is 6.54 Å². The van der Waals surface area contributed by atoms with Crippen LogP contribution >= 0.6 is 0 Å². The van der Waals surface area contributed by atoms with Crippen molar-refractivity contribution >= 4 is 12.1 Å². The van der Waals surface area contributed by atoms with E-state index in [1.54, 1.807) is 0 Å². The molecule has 0 unspecified atom stereocenters. The highest BCUT2D eigenvalue weighted by molar-refractivity contribution is 5.94. The first-order valence-corrected chi connectivity index (χ1v) is 6.43. The number of aliphatic hydroxyl groups is 1. The predicted octanol–water partition coefficient (Wildman–Crippen LogP) is 1.17. The molecule has 1 heterocycles. The van der Waals surface area contributed by atoms with Gasteiger partial charge in [0.2, 0.25) is 5.60 Å². The molecule has 120 valence electrons. The van der Waals surface area contributed by atoms with Crippen LogP contribution in [0.25, 0.3) is 0 Å². The highest BCUT2D eigenvalue weighted by Crippen LogP contribution is 2.38. The van der Waals surface area contributed by atoms with Crippen LogP contribution in [0.3, 0.4) is 0 Å². The summed E-state index contributed by atoms with van der Waals surface area (Å²) in [6, 6.07) is 4.75. The Balaban J connectivity index is 2.15. The van der Waals surface area contributed by atoms with E-state index in [4.69, 9.17) is 0 Å². The van der Waals surface area contributed by atoms with Crippen molar-refractivity contribution in [3.63, 3.8) is 0 Å². The van der Waals surface area contributed by atoms with E-state index in [0.29, 0.717) is 0 Å². The lowest BCUT2D eigenvalue weighted by Crippen LogP contribution is -2.53. The molecule has 6 nitrogen and oxygen atoms in total. The predicted molar refractivity (Wildman–Crippen MR) is 69.9 cm³/mol. The second-order valence-corrected chi connectivity index (χ2v) is 4.77. The van der Waals surface area contributed by atoms with Crippen molar-refractivity contribution < 1.29 is 27.9 Å². The zero-order valence-corrected chi connectivity index (χ0v) is 11.4. The first-order chi connectivity index (χ1) is 10.3. The standard InChI is InChI=1S/C13H14F3N3O3/c14-13(15,16)12(22,9-4-2-1-3-5-9)8-18-11(21)19-7-6-17-10(19)20/h1-5,22H,6-8H2,(H,17,20)(H,18,21)/t12-/m0/s1. The van der Waals surface area contributed by atoms with Gasteiger partial charge in [-0.2, -0.15) is 13.2 Å². The zero-order valence-electron chi connectivity index (χ0n) is 11.4. The monoisotopic (exact) mass is 317 g/mol. The molecule has 0 saturated carbocycles. The summed E-state index contributed by atoms with van der Waals surface area (Å²) in [4.78, 5) is 23.8. The topological polar surface area (TPSA) is 81.7 Å². The Bertz CT molecular complexity index is 565. The molecule has 1 aliphatic heterocycles. The molecular formula is C13H14F3N3O3. The number of nitrogens with one attached hydrogen (secondary N) is 2. The second kappa shape index (κ2) is 5.84. The van der Waals surface area contributed by atoms with E-state index >= 15 is 0 Å². The molecule has 0 aliphatic carbocycles. The average molecular weight is 317 g/mol. The number of carbonyl (C=O) groups is 2. The van der Waals surface area contributed by atoms with Crippen molar-refractivity contribution in [3.8, 4) is 0 Å². The first kappa shape index (κ1) is 16.1. The molecule has 1 aromatic rings. The maximum Gasteiger partial charge on any atom is 0.423 e. The number of benzene rings is 1. The number of urea groups is 2. The molecule has 4 amide bonds. The van der Waals surface area contributed by atoms with Crippen LogP contribution < -0.4 is 10.6 Å². The lowest BCUT2D eigenvalue weighted by Gasteiger charge is -2.31. The van der Waals surface area contributed by atoms with Crippen molar-refractivity contribution in [1.82, 2.24) is 15.5 Å². The Morgan fingerprint density at radius 2 is 1.95 bits per heavy atom. The number of imide groups is 1. The van der Waals surface area contributed by atoms with E-state index in [9.17, 15) is 27.9 Å². The average Bonchev–Trinajstić information content (AvgIpc) is 2.90. The van der Waals surface area contributed by atoms with Crippen LogP contribution in [0.2, 0.25) is 0 Å². The number of rotatable bonds is 3. The van der Waals surface area contributed by atoms with Crippen LogP contribution in [0.4, 0.5) is 22.8 Å². The smallest absolute Gasteiger partial charge is 0.375 e. The summed E-state index contributed by atoms with van der Waals surface area (Å²) in [5.74, 6) is 0. The Labute approximate surface area is 123 Å². The van der Waals surface area contributed by atoms with E-state index in [0.717, 1.165) is 17.0 Å². The third-order valence-electron chi connectivity index (χ3n) is 3.32. The fourth-order valence-electron chi connectivity index (χ4n) is 2.04. The summed E-state index contributed by atoms with van der Waals surface area (Å²) in [6.07, 6.45) is -4.99. The molecule has 9 heteroatoms. The minimum atomic E-state index is -4.99. The number of nitrogens with zero attached hydrogens (tertiary/aromatic N) is 1. The molecule has 1 aliphatic rings. The van der Waals surface area contributed by atoms with Gasteiger partial charge in [-0.05, 0) is 5.56 Å². The first-order valence-electron chi connectivity index (χ1n) is 6.43. The molecule has 0 bridgehead atoms. The Morgan fingerprint density at radius 1 is 1.32 bits per heavy atom. The summed E-state index contributed by atoms with van der Waals surface area (Å²) in [6.45, 7) is -0.807. The van der Waals surface area contributed by atoms with Gasteiger partial charge in [-0.3, -0.25) is 0 Å². The zero-order chi connectivity index (χ0) is 16.4. The Kier molecular flexibility index (Phi) is 4.27. The van der Waals surface area contributed by atoms with Crippen LogP contribution in [-0.2, 0) is 5.60 Å². The van der Waals surface area contributed by atoms with Crippen LogP contribution in [0.15, 0.2) is 30.3 Å². The van der Waals surface area contributed by atoms with Gasteiger partial charge < -0.3 is 15.7 Å². The van der Waals surface area contributed by atoms with Crippen LogP contribution in [0, 0.1) is 0 Å². The molecule has 3 N–H and O–H groups in total. The van der Waals surface area contributed by atoms with E-state index in [2.05, 4.69) is 5.32 Å². The fraction of sp³-hybridized carbons (Fsp3) is 0.385. The second-order valence-electron chi connectivity index (χ2n) is 4.77. The maximum atomic E-state index is 13.2. The van der Waals surface area contributed by atoms with Gasteiger partial charge in [-0.25, -0.2) is 14.5 Å². The van der Waals surface area contributed by atoms with Crippen molar-refractivity contribution in [2.75, 3.05) is 19.6 Å². The molecule has 1 atom stereocenters. The third kappa shape index (κ3) is 2.98. The minimum absolute atomic E-state index is 0.0560. The molecule has 1 saturated heterocycles. The lowest BCUT2D eigenvalue weighted by molar-refractivity contribution is -0.263. The van der Waals surface area contributed by atoms with Gasteiger partial charge in [0.25, 0.3) is 0 Å². The molecule has 0 spiro atoms. The van der Waals surface area contributed by atoms with Gasteiger partial charge >= 0.3 is 18.2 Å². The van der Waals surface area contributed by atoms with E-state index in [1.165, 1.54) is 18.2 Å². The van der Waals surface area contributed by atoms with Crippen molar-refractivity contribution in [1.29, 1.82) is 0 Å². The highest BCUT2D eigenvalue weighted by atomic mass is 19.4. The fourth-order valence-corrected chi connectivity index (χ4v) is 2.04. The van der Waals surface area contributed by atoms with Crippen molar-refractivity contribution in [2.24, 2.45) is 0 Å². The Hall–Kier alpha value is -2.29. The van der Waals surface area contributed by atoms with Crippen LogP contribution in [-0.4, -0.2) is 47.9 Å². The lowest BCUT2D eigenvalue weighted by atomic mass is 9.93. The molecule has 0 aromatic heterocycles. The number of hydrogen-bond donors (Lipinski definition) is 3. The SMILES string of the molecule is O=C1NCCN1C(=O)NC[C@](O)(c1ccccc1)C(F)(F)F. The van der Waals surface area contributed by atoms with Crippen LogP contribution in [0.5, 0.6) is 0 Å². The normalized spacial score (nSPS) is 17.8. The number of alkyl halides is 3. The molecule has 0 radical (unpaired) electrons. The Morgan fingerprint density at radius 3 is 2.45 bits per heavy atom. The molecule has 2 rings (SSSR count). The molecule has 1 fully saturated rings. The number of halogens is 3. The summed E-state index contributed by atoms with van der Waals surface area (Å²) in [5, 5.41) is 14.3.